The highest BCUT2D eigenvalue weighted by Crippen LogP contribution is 2.12. The molecule has 0 aliphatic rings. The summed E-state index contributed by atoms with van der Waals surface area (Å²) in [6, 6.07) is 20.8. The SMILES string of the molecule is O=C(N/N=C/c1cccs1)c1ccc(Cn2nnc(-c3ccccc3)n2)cc1. The quantitative estimate of drug-likeness (QED) is 0.406. The number of hydrogen-bond donors (Lipinski definition) is 1. The summed E-state index contributed by atoms with van der Waals surface area (Å²) < 4.78 is 0. The summed E-state index contributed by atoms with van der Waals surface area (Å²) in [4.78, 5) is 14.6. The largest absolute Gasteiger partial charge is 0.271 e. The van der Waals surface area contributed by atoms with E-state index in [2.05, 4.69) is 25.9 Å². The number of hydrazone groups is 1. The lowest BCUT2D eigenvalue weighted by Gasteiger charge is -2.03. The number of carbonyl (C=O) groups excluding carboxylic acids is 1. The molecule has 0 fully saturated rings. The van der Waals surface area contributed by atoms with Gasteiger partial charge in [0.2, 0.25) is 5.82 Å². The number of nitrogens with zero attached hydrogens (tertiary/aromatic N) is 5. The van der Waals surface area contributed by atoms with Crippen LogP contribution in [-0.2, 0) is 6.54 Å². The number of aromatic nitrogens is 4. The van der Waals surface area contributed by atoms with Crippen molar-refractivity contribution in [3.05, 3.63) is 88.1 Å². The highest BCUT2D eigenvalue weighted by atomic mass is 32.1. The van der Waals surface area contributed by atoms with E-state index in [1.54, 1.807) is 29.7 Å². The number of nitrogens with one attached hydrogen (secondary N) is 1. The molecule has 2 heterocycles. The van der Waals surface area contributed by atoms with Crippen LogP contribution in [0.3, 0.4) is 0 Å². The fourth-order valence-electron chi connectivity index (χ4n) is 2.52. The van der Waals surface area contributed by atoms with Gasteiger partial charge in [-0.05, 0) is 34.4 Å². The number of rotatable bonds is 6. The first-order chi connectivity index (χ1) is 13.8. The first-order valence-electron chi connectivity index (χ1n) is 8.57. The molecule has 1 N–H and O–H groups in total. The van der Waals surface area contributed by atoms with E-state index in [-0.39, 0.29) is 5.91 Å². The molecule has 1 amide bonds. The van der Waals surface area contributed by atoms with Gasteiger partial charge in [0.25, 0.3) is 5.91 Å². The van der Waals surface area contributed by atoms with Gasteiger partial charge < -0.3 is 0 Å². The van der Waals surface area contributed by atoms with Crippen molar-refractivity contribution in [1.82, 2.24) is 25.6 Å². The van der Waals surface area contributed by atoms with E-state index in [0.717, 1.165) is 16.0 Å². The molecule has 0 radical (unpaired) electrons. The molecule has 28 heavy (non-hydrogen) atoms. The maximum absolute atomic E-state index is 12.1. The van der Waals surface area contributed by atoms with Crippen molar-refractivity contribution in [2.75, 3.05) is 0 Å². The molecule has 8 heteroatoms. The Balaban J connectivity index is 1.37. The number of tetrazole rings is 1. The lowest BCUT2D eigenvalue weighted by atomic mass is 10.1. The van der Waals surface area contributed by atoms with Gasteiger partial charge in [-0.25, -0.2) is 5.43 Å². The van der Waals surface area contributed by atoms with E-state index in [1.165, 1.54) is 4.80 Å². The molecule has 0 atom stereocenters. The third-order valence-electron chi connectivity index (χ3n) is 3.93. The van der Waals surface area contributed by atoms with Crippen LogP contribution in [0.2, 0.25) is 0 Å². The lowest BCUT2D eigenvalue weighted by Crippen LogP contribution is -2.17. The molecule has 0 aliphatic heterocycles. The van der Waals surface area contributed by atoms with Crippen LogP contribution in [0.15, 0.2) is 77.2 Å². The zero-order valence-electron chi connectivity index (χ0n) is 14.8. The van der Waals surface area contributed by atoms with Gasteiger partial charge in [-0.1, -0.05) is 48.5 Å². The number of hydrogen-bond acceptors (Lipinski definition) is 6. The Bertz CT molecular complexity index is 1070. The maximum atomic E-state index is 12.1. The summed E-state index contributed by atoms with van der Waals surface area (Å²) in [5.74, 6) is 0.324. The Kier molecular flexibility index (Phi) is 5.30. The molecule has 4 aromatic rings. The van der Waals surface area contributed by atoms with Crippen molar-refractivity contribution in [3.63, 3.8) is 0 Å². The minimum absolute atomic E-state index is 0.260. The van der Waals surface area contributed by atoms with Crippen LogP contribution in [0, 0.1) is 0 Å². The molecule has 0 saturated carbocycles. The summed E-state index contributed by atoms with van der Waals surface area (Å²) in [7, 11) is 0. The Hall–Kier alpha value is -3.65. The third-order valence-corrected chi connectivity index (χ3v) is 4.73. The average molecular weight is 388 g/mol. The summed E-state index contributed by atoms with van der Waals surface area (Å²) in [6.45, 7) is 0.470. The second kappa shape index (κ2) is 8.36. The number of thiophene rings is 1. The number of amides is 1. The van der Waals surface area contributed by atoms with Gasteiger partial charge in [0.15, 0.2) is 0 Å². The van der Waals surface area contributed by atoms with Crippen molar-refractivity contribution < 1.29 is 4.79 Å². The van der Waals surface area contributed by atoms with Crippen molar-refractivity contribution >= 4 is 23.5 Å². The van der Waals surface area contributed by atoms with E-state index >= 15 is 0 Å². The predicted molar refractivity (Wildman–Crippen MR) is 108 cm³/mol. The van der Waals surface area contributed by atoms with Crippen molar-refractivity contribution in [2.45, 2.75) is 6.54 Å². The summed E-state index contributed by atoms with van der Waals surface area (Å²) in [5.41, 5.74) is 4.94. The molecule has 2 aromatic carbocycles. The minimum atomic E-state index is -0.260. The smallest absolute Gasteiger partial charge is 0.267 e. The van der Waals surface area contributed by atoms with Crippen molar-refractivity contribution in [1.29, 1.82) is 0 Å². The van der Waals surface area contributed by atoms with Gasteiger partial charge in [-0.15, -0.1) is 21.5 Å². The maximum Gasteiger partial charge on any atom is 0.271 e. The van der Waals surface area contributed by atoms with E-state index < -0.39 is 0 Å². The van der Waals surface area contributed by atoms with Crippen LogP contribution in [0.1, 0.15) is 20.8 Å². The zero-order chi connectivity index (χ0) is 19.2. The van der Waals surface area contributed by atoms with E-state index in [4.69, 9.17) is 0 Å². The molecule has 0 bridgehead atoms. The molecule has 0 spiro atoms. The van der Waals surface area contributed by atoms with Crippen LogP contribution in [-0.4, -0.2) is 32.3 Å². The fourth-order valence-corrected chi connectivity index (χ4v) is 3.11. The highest BCUT2D eigenvalue weighted by molar-refractivity contribution is 7.11. The summed E-state index contributed by atoms with van der Waals surface area (Å²) in [6.07, 6.45) is 1.62. The van der Waals surface area contributed by atoms with Crippen LogP contribution >= 0.6 is 11.3 Å². The molecule has 0 aliphatic carbocycles. The first kappa shape index (κ1) is 17.7. The van der Waals surface area contributed by atoms with E-state index in [0.29, 0.717) is 17.9 Å². The number of benzene rings is 2. The second-order valence-corrected chi connectivity index (χ2v) is 6.90. The minimum Gasteiger partial charge on any atom is -0.267 e. The number of carbonyl (C=O) groups is 1. The standard InChI is InChI=1S/C20H16N6OS/c27-20(23-21-13-18-7-4-12-28-18)17-10-8-15(9-11-17)14-26-24-19(22-25-26)16-5-2-1-3-6-16/h1-13H,14H2,(H,23,27)/b21-13+. The zero-order valence-corrected chi connectivity index (χ0v) is 15.6. The van der Waals surface area contributed by atoms with E-state index in [1.807, 2.05) is 60.0 Å². The van der Waals surface area contributed by atoms with Crippen LogP contribution in [0.5, 0.6) is 0 Å². The average Bonchev–Trinajstić information content (AvgIpc) is 3.41. The van der Waals surface area contributed by atoms with Gasteiger partial charge in [-0.2, -0.15) is 9.90 Å². The van der Waals surface area contributed by atoms with Crippen LogP contribution < -0.4 is 5.43 Å². The van der Waals surface area contributed by atoms with Gasteiger partial charge in [-0.3, -0.25) is 4.79 Å². The third kappa shape index (κ3) is 4.36. The Morgan fingerprint density at radius 2 is 1.89 bits per heavy atom. The monoisotopic (exact) mass is 388 g/mol. The van der Waals surface area contributed by atoms with Crippen LogP contribution in [0.25, 0.3) is 11.4 Å². The van der Waals surface area contributed by atoms with Crippen molar-refractivity contribution in [3.8, 4) is 11.4 Å². The Morgan fingerprint density at radius 1 is 1.07 bits per heavy atom. The molecule has 2 aromatic heterocycles. The molecule has 0 saturated heterocycles. The molecular formula is C20H16N6OS. The molecule has 138 valence electrons. The Morgan fingerprint density at radius 3 is 2.64 bits per heavy atom. The molecular weight excluding hydrogens is 372 g/mol. The summed E-state index contributed by atoms with van der Waals surface area (Å²) >= 11 is 1.55. The first-order valence-corrected chi connectivity index (χ1v) is 9.45. The van der Waals surface area contributed by atoms with Gasteiger partial charge in [0.05, 0.1) is 12.8 Å². The molecule has 0 unspecified atom stereocenters. The van der Waals surface area contributed by atoms with Crippen LogP contribution in [0.4, 0.5) is 0 Å². The normalized spacial score (nSPS) is 11.0. The predicted octanol–water partition coefficient (Wildman–Crippen LogP) is 3.21. The highest BCUT2D eigenvalue weighted by Gasteiger charge is 2.07. The Labute approximate surface area is 165 Å². The fraction of sp³-hybridized carbons (Fsp3) is 0.0500. The van der Waals surface area contributed by atoms with Gasteiger partial charge in [0, 0.05) is 16.0 Å². The van der Waals surface area contributed by atoms with Gasteiger partial charge >= 0.3 is 0 Å². The van der Waals surface area contributed by atoms with E-state index in [9.17, 15) is 4.79 Å². The van der Waals surface area contributed by atoms with Crippen molar-refractivity contribution in [2.24, 2.45) is 5.10 Å². The summed E-state index contributed by atoms with van der Waals surface area (Å²) in [5, 5.41) is 18.5. The second-order valence-electron chi connectivity index (χ2n) is 5.92. The molecule has 4 rings (SSSR count). The van der Waals surface area contributed by atoms with Gasteiger partial charge in [0.1, 0.15) is 0 Å². The molecule has 7 nitrogen and oxygen atoms in total. The topological polar surface area (TPSA) is 85.1 Å². The lowest BCUT2D eigenvalue weighted by molar-refractivity contribution is 0.0955.